The minimum atomic E-state index is -3.65. The monoisotopic (exact) mass is 394 g/mol. The van der Waals surface area contributed by atoms with Gasteiger partial charge in [-0.05, 0) is 60.4 Å². The number of hydrogen-bond acceptors (Lipinski definition) is 2. The Morgan fingerprint density at radius 3 is 1.56 bits per heavy atom. The average molecular weight is 395 g/mol. The SMILES string of the molecule is CCC=Cc1cc(S(=O)(=O)c2ccc(Cl)c(C=CCC)c2)ccc1Cl. The van der Waals surface area contributed by atoms with Gasteiger partial charge in [-0.2, -0.15) is 0 Å². The molecule has 2 rings (SSSR count). The van der Waals surface area contributed by atoms with Crippen LogP contribution in [-0.2, 0) is 9.84 Å². The normalized spacial score (nSPS) is 12.3. The Hall–Kier alpha value is -1.55. The fraction of sp³-hybridized carbons (Fsp3) is 0.200. The van der Waals surface area contributed by atoms with Crippen LogP contribution in [0.4, 0.5) is 0 Å². The number of allylic oxidation sites excluding steroid dienone is 2. The molecule has 0 bridgehead atoms. The maximum Gasteiger partial charge on any atom is 0.206 e. The van der Waals surface area contributed by atoms with Crippen LogP contribution in [0.1, 0.15) is 37.8 Å². The summed E-state index contributed by atoms with van der Waals surface area (Å²) < 4.78 is 25.9. The van der Waals surface area contributed by atoms with Gasteiger partial charge in [0.25, 0.3) is 0 Å². The molecule has 0 heterocycles. The molecule has 2 nitrogen and oxygen atoms in total. The molecule has 0 atom stereocenters. The van der Waals surface area contributed by atoms with Crippen molar-refractivity contribution in [1.29, 1.82) is 0 Å². The van der Waals surface area contributed by atoms with Gasteiger partial charge >= 0.3 is 0 Å². The van der Waals surface area contributed by atoms with Crippen molar-refractivity contribution in [3.63, 3.8) is 0 Å². The molecule has 0 saturated heterocycles. The fourth-order valence-corrected chi connectivity index (χ4v) is 3.95. The molecular formula is C20H20Cl2O2S. The molecule has 0 unspecified atom stereocenters. The van der Waals surface area contributed by atoms with E-state index in [4.69, 9.17) is 23.2 Å². The highest BCUT2D eigenvalue weighted by Gasteiger charge is 2.19. The number of halogens is 2. The zero-order valence-electron chi connectivity index (χ0n) is 14.2. The fourth-order valence-electron chi connectivity index (χ4n) is 2.26. The van der Waals surface area contributed by atoms with Gasteiger partial charge in [0.1, 0.15) is 0 Å². The first-order valence-corrected chi connectivity index (χ1v) is 10.3. The van der Waals surface area contributed by atoms with E-state index in [0.717, 1.165) is 12.8 Å². The lowest BCUT2D eigenvalue weighted by Crippen LogP contribution is -2.03. The molecule has 0 amide bonds. The summed E-state index contributed by atoms with van der Waals surface area (Å²) in [5.41, 5.74) is 1.37. The number of sulfone groups is 1. The van der Waals surface area contributed by atoms with Gasteiger partial charge in [-0.15, -0.1) is 0 Å². The van der Waals surface area contributed by atoms with Crippen LogP contribution in [0.2, 0.25) is 10.0 Å². The minimum Gasteiger partial charge on any atom is -0.219 e. The van der Waals surface area contributed by atoms with Crippen molar-refractivity contribution in [2.75, 3.05) is 0 Å². The predicted molar refractivity (Wildman–Crippen MR) is 107 cm³/mol. The van der Waals surface area contributed by atoms with Crippen molar-refractivity contribution in [3.05, 3.63) is 69.7 Å². The van der Waals surface area contributed by atoms with Gasteiger partial charge < -0.3 is 0 Å². The van der Waals surface area contributed by atoms with E-state index in [1.807, 2.05) is 38.2 Å². The highest BCUT2D eigenvalue weighted by atomic mass is 35.5. The molecule has 0 aromatic heterocycles. The Bertz CT molecular complexity index is 844. The van der Waals surface area contributed by atoms with E-state index in [2.05, 4.69) is 0 Å². The van der Waals surface area contributed by atoms with Crippen LogP contribution in [0.25, 0.3) is 12.2 Å². The molecule has 0 spiro atoms. The summed E-state index contributed by atoms with van der Waals surface area (Å²) in [6.45, 7) is 4.01. The molecular weight excluding hydrogens is 375 g/mol. The molecule has 0 N–H and O–H groups in total. The Labute approximate surface area is 159 Å². The van der Waals surface area contributed by atoms with E-state index in [9.17, 15) is 8.42 Å². The first-order valence-electron chi connectivity index (χ1n) is 8.07. The Balaban J connectivity index is 2.52. The third-order valence-corrected chi connectivity index (χ3v) is 6.06. The molecule has 0 saturated carbocycles. The van der Waals surface area contributed by atoms with Crippen molar-refractivity contribution >= 4 is 45.2 Å². The summed E-state index contributed by atoms with van der Waals surface area (Å²) in [4.78, 5) is 0.417. The van der Waals surface area contributed by atoms with E-state index >= 15 is 0 Å². The molecule has 25 heavy (non-hydrogen) atoms. The maximum absolute atomic E-state index is 13.0. The summed E-state index contributed by atoms with van der Waals surface area (Å²) in [7, 11) is -3.65. The molecule has 132 valence electrons. The van der Waals surface area contributed by atoms with E-state index in [1.54, 1.807) is 24.3 Å². The predicted octanol–water partition coefficient (Wildman–Crippen LogP) is 6.67. The van der Waals surface area contributed by atoms with Crippen LogP contribution in [0.3, 0.4) is 0 Å². The molecule has 2 aromatic rings. The highest BCUT2D eigenvalue weighted by Crippen LogP contribution is 2.29. The van der Waals surface area contributed by atoms with Gasteiger partial charge in [0.15, 0.2) is 0 Å². The van der Waals surface area contributed by atoms with Crippen molar-refractivity contribution in [1.82, 2.24) is 0 Å². The molecule has 0 fully saturated rings. The Morgan fingerprint density at radius 1 is 0.800 bits per heavy atom. The van der Waals surface area contributed by atoms with Gasteiger partial charge in [-0.3, -0.25) is 0 Å². The third kappa shape index (κ3) is 4.75. The van der Waals surface area contributed by atoms with E-state index < -0.39 is 9.84 Å². The molecule has 0 aliphatic rings. The lowest BCUT2D eigenvalue weighted by atomic mass is 10.2. The Kier molecular flexibility index (Phi) is 6.88. The lowest BCUT2D eigenvalue weighted by molar-refractivity contribution is 0.596. The summed E-state index contributed by atoms with van der Waals surface area (Å²) in [5.74, 6) is 0. The number of rotatable bonds is 6. The smallest absolute Gasteiger partial charge is 0.206 e. The first kappa shape index (κ1) is 19.8. The third-order valence-electron chi connectivity index (χ3n) is 3.62. The highest BCUT2D eigenvalue weighted by molar-refractivity contribution is 7.91. The second-order valence-electron chi connectivity index (χ2n) is 5.49. The quantitative estimate of drug-likeness (QED) is 0.547. The largest absolute Gasteiger partial charge is 0.219 e. The van der Waals surface area contributed by atoms with Gasteiger partial charge in [-0.25, -0.2) is 8.42 Å². The second kappa shape index (κ2) is 8.70. The topological polar surface area (TPSA) is 34.1 Å². The number of benzene rings is 2. The number of hydrogen-bond donors (Lipinski definition) is 0. The zero-order valence-corrected chi connectivity index (χ0v) is 16.5. The maximum atomic E-state index is 13.0. The Morgan fingerprint density at radius 2 is 1.20 bits per heavy atom. The van der Waals surface area contributed by atoms with Crippen LogP contribution in [0.5, 0.6) is 0 Å². The van der Waals surface area contributed by atoms with Gasteiger partial charge in [0.2, 0.25) is 9.84 Å². The van der Waals surface area contributed by atoms with Crippen molar-refractivity contribution < 1.29 is 8.42 Å². The summed E-state index contributed by atoms with van der Waals surface area (Å²) in [5, 5.41) is 1.04. The van der Waals surface area contributed by atoms with E-state index in [0.29, 0.717) is 21.2 Å². The van der Waals surface area contributed by atoms with Crippen LogP contribution >= 0.6 is 23.2 Å². The molecule has 0 aliphatic heterocycles. The van der Waals surface area contributed by atoms with Gasteiger partial charge in [-0.1, -0.05) is 61.4 Å². The van der Waals surface area contributed by atoms with Crippen molar-refractivity contribution in [3.8, 4) is 0 Å². The zero-order chi connectivity index (χ0) is 18.4. The van der Waals surface area contributed by atoms with Gasteiger partial charge in [0, 0.05) is 10.0 Å². The standard InChI is InChI=1S/C20H20Cl2O2S/c1-3-5-7-15-13-17(9-11-19(15)21)25(23,24)18-10-12-20(22)16(14-18)8-6-4-2/h5-14H,3-4H2,1-2H3. The van der Waals surface area contributed by atoms with Crippen molar-refractivity contribution in [2.45, 2.75) is 36.5 Å². The van der Waals surface area contributed by atoms with Crippen LogP contribution in [0, 0.1) is 0 Å². The van der Waals surface area contributed by atoms with Crippen LogP contribution < -0.4 is 0 Å². The van der Waals surface area contributed by atoms with Crippen molar-refractivity contribution in [2.24, 2.45) is 0 Å². The minimum absolute atomic E-state index is 0.209. The second-order valence-corrected chi connectivity index (χ2v) is 8.26. The summed E-state index contributed by atoms with van der Waals surface area (Å²) >= 11 is 12.3. The molecule has 0 radical (unpaired) electrons. The van der Waals surface area contributed by atoms with E-state index in [1.165, 1.54) is 12.1 Å². The molecule has 0 aliphatic carbocycles. The lowest BCUT2D eigenvalue weighted by Gasteiger charge is -2.09. The molecule has 5 heteroatoms. The summed E-state index contributed by atoms with van der Waals surface area (Å²) in [6.07, 6.45) is 9.23. The van der Waals surface area contributed by atoms with E-state index in [-0.39, 0.29) is 9.79 Å². The summed E-state index contributed by atoms with van der Waals surface area (Å²) in [6, 6.07) is 9.46. The molecule has 2 aromatic carbocycles. The average Bonchev–Trinajstić information content (AvgIpc) is 2.60. The van der Waals surface area contributed by atoms with Crippen LogP contribution in [0.15, 0.2) is 58.3 Å². The van der Waals surface area contributed by atoms with Gasteiger partial charge in [0.05, 0.1) is 9.79 Å². The first-order chi connectivity index (χ1) is 11.9. The van der Waals surface area contributed by atoms with Crippen LogP contribution in [-0.4, -0.2) is 8.42 Å².